The van der Waals surface area contributed by atoms with E-state index in [2.05, 4.69) is 30.1 Å². The van der Waals surface area contributed by atoms with Crippen LogP contribution in [0.2, 0.25) is 0 Å². The van der Waals surface area contributed by atoms with Crippen LogP contribution in [0, 0.1) is 6.92 Å². The highest BCUT2D eigenvalue weighted by molar-refractivity contribution is 14.0. The molecule has 1 aliphatic heterocycles. The fraction of sp³-hybridized carbons (Fsp3) is 0.750. The quantitative estimate of drug-likeness (QED) is 0.269. The van der Waals surface area contributed by atoms with Gasteiger partial charge in [-0.3, -0.25) is 9.89 Å². The minimum Gasteiger partial charge on any atom is -0.379 e. The smallest absolute Gasteiger partial charge is 0.191 e. The number of hydrogen-bond donors (Lipinski definition) is 2. The van der Waals surface area contributed by atoms with Crippen molar-refractivity contribution < 1.29 is 4.74 Å². The fourth-order valence-corrected chi connectivity index (χ4v) is 2.63. The summed E-state index contributed by atoms with van der Waals surface area (Å²) < 4.78 is 7.54. The van der Waals surface area contributed by atoms with Gasteiger partial charge >= 0.3 is 0 Å². The first kappa shape index (κ1) is 21.2. The molecule has 0 saturated carbocycles. The lowest BCUT2D eigenvalue weighted by atomic mass is 10.3. The maximum Gasteiger partial charge on any atom is 0.191 e. The summed E-state index contributed by atoms with van der Waals surface area (Å²) in [5.41, 5.74) is 0. The molecule has 8 heteroatoms. The third-order valence-corrected chi connectivity index (χ3v) is 4.09. The predicted octanol–water partition coefficient (Wildman–Crippen LogP) is 1.09. The summed E-state index contributed by atoms with van der Waals surface area (Å²) in [5, 5.41) is 6.74. The summed E-state index contributed by atoms with van der Waals surface area (Å²) >= 11 is 0. The van der Waals surface area contributed by atoms with Crippen LogP contribution in [-0.2, 0) is 11.3 Å². The molecule has 1 aliphatic rings. The Kier molecular flexibility index (Phi) is 11.0. The highest BCUT2D eigenvalue weighted by atomic mass is 127. The number of imidazole rings is 1. The van der Waals surface area contributed by atoms with Crippen LogP contribution in [0.1, 0.15) is 18.7 Å². The lowest BCUT2D eigenvalue weighted by Gasteiger charge is -2.26. The molecule has 0 aromatic carbocycles. The summed E-state index contributed by atoms with van der Waals surface area (Å²) in [6.45, 7) is 9.70. The largest absolute Gasteiger partial charge is 0.379 e. The Morgan fingerprint density at radius 2 is 1.96 bits per heavy atom. The molecule has 0 aliphatic carbocycles. The predicted molar refractivity (Wildman–Crippen MR) is 108 cm³/mol. The lowest BCUT2D eigenvalue weighted by molar-refractivity contribution is 0.0389. The second-order valence-corrected chi connectivity index (χ2v) is 5.75. The molecule has 0 amide bonds. The summed E-state index contributed by atoms with van der Waals surface area (Å²) in [7, 11) is 1.82. The highest BCUT2D eigenvalue weighted by Gasteiger charge is 2.09. The first-order valence-corrected chi connectivity index (χ1v) is 8.52. The first-order valence-electron chi connectivity index (χ1n) is 8.52. The van der Waals surface area contributed by atoms with E-state index in [1.807, 2.05) is 26.4 Å². The van der Waals surface area contributed by atoms with Crippen molar-refractivity contribution in [2.75, 3.05) is 53.0 Å². The number of morpholine rings is 1. The standard InChI is InChI=1S/C16H30N6O.HI/c1-15-18-7-10-22(15)8-4-3-5-19-16(17-2)20-6-9-21-11-13-23-14-12-21;/h7,10H,3-6,8-9,11-14H2,1-2H3,(H2,17,19,20);1H. The molecule has 1 aromatic heterocycles. The minimum absolute atomic E-state index is 0. The molecule has 24 heavy (non-hydrogen) atoms. The van der Waals surface area contributed by atoms with Crippen LogP contribution < -0.4 is 10.6 Å². The van der Waals surface area contributed by atoms with Gasteiger partial charge in [-0.2, -0.15) is 0 Å². The number of unbranched alkanes of at least 4 members (excludes halogenated alkanes) is 1. The number of aliphatic imine (C=N–C) groups is 1. The topological polar surface area (TPSA) is 66.7 Å². The van der Waals surface area contributed by atoms with Crippen molar-refractivity contribution in [2.45, 2.75) is 26.3 Å². The van der Waals surface area contributed by atoms with Gasteiger partial charge in [0.1, 0.15) is 5.82 Å². The van der Waals surface area contributed by atoms with Crippen LogP contribution in [-0.4, -0.2) is 73.4 Å². The van der Waals surface area contributed by atoms with Crippen molar-refractivity contribution in [3.8, 4) is 0 Å². The zero-order chi connectivity index (χ0) is 16.3. The van der Waals surface area contributed by atoms with Crippen LogP contribution in [0.25, 0.3) is 0 Å². The number of halogens is 1. The number of hydrogen-bond acceptors (Lipinski definition) is 4. The van der Waals surface area contributed by atoms with Crippen molar-refractivity contribution in [3.05, 3.63) is 18.2 Å². The first-order chi connectivity index (χ1) is 11.3. The third-order valence-electron chi connectivity index (χ3n) is 4.09. The van der Waals surface area contributed by atoms with E-state index in [0.717, 1.165) is 77.1 Å². The van der Waals surface area contributed by atoms with E-state index in [1.54, 1.807) is 0 Å². The molecule has 7 nitrogen and oxygen atoms in total. The molecule has 0 atom stereocenters. The van der Waals surface area contributed by atoms with Gasteiger partial charge in [-0.05, 0) is 19.8 Å². The SMILES string of the molecule is CN=C(NCCCCn1ccnc1C)NCCN1CCOCC1.I. The molecule has 1 saturated heterocycles. The molecule has 2 heterocycles. The van der Waals surface area contributed by atoms with Gasteiger partial charge in [0, 0.05) is 58.7 Å². The Morgan fingerprint density at radius 3 is 2.62 bits per heavy atom. The van der Waals surface area contributed by atoms with E-state index in [4.69, 9.17) is 4.74 Å². The van der Waals surface area contributed by atoms with Crippen LogP contribution in [0.4, 0.5) is 0 Å². The third kappa shape index (κ3) is 7.80. The second-order valence-electron chi connectivity index (χ2n) is 5.75. The van der Waals surface area contributed by atoms with Gasteiger partial charge in [0.15, 0.2) is 5.96 Å². The zero-order valence-corrected chi connectivity index (χ0v) is 17.2. The Labute approximate surface area is 162 Å². The Morgan fingerprint density at radius 1 is 1.21 bits per heavy atom. The summed E-state index contributed by atoms with van der Waals surface area (Å²) in [6, 6.07) is 0. The van der Waals surface area contributed by atoms with Crippen LogP contribution in [0.5, 0.6) is 0 Å². The maximum absolute atomic E-state index is 5.35. The lowest BCUT2D eigenvalue weighted by Crippen LogP contribution is -2.44. The molecular weight excluding hydrogens is 419 g/mol. The number of rotatable bonds is 8. The summed E-state index contributed by atoms with van der Waals surface area (Å²) in [6.07, 6.45) is 6.14. The van der Waals surface area contributed by atoms with Gasteiger partial charge in [0.25, 0.3) is 0 Å². The minimum atomic E-state index is 0. The average molecular weight is 450 g/mol. The van der Waals surface area contributed by atoms with Gasteiger partial charge < -0.3 is 19.9 Å². The number of guanidine groups is 1. The van der Waals surface area contributed by atoms with Gasteiger partial charge in [-0.25, -0.2) is 4.98 Å². The van der Waals surface area contributed by atoms with Crippen molar-refractivity contribution in [2.24, 2.45) is 4.99 Å². The van der Waals surface area contributed by atoms with Crippen molar-refractivity contribution in [1.82, 2.24) is 25.1 Å². The van der Waals surface area contributed by atoms with E-state index >= 15 is 0 Å². The Hall–Kier alpha value is -0.870. The molecule has 0 unspecified atom stereocenters. The number of aryl methyl sites for hydroxylation is 2. The van der Waals surface area contributed by atoms with Crippen molar-refractivity contribution in [3.63, 3.8) is 0 Å². The second kappa shape index (κ2) is 12.5. The molecule has 0 radical (unpaired) electrons. The zero-order valence-electron chi connectivity index (χ0n) is 14.8. The van der Waals surface area contributed by atoms with E-state index < -0.39 is 0 Å². The number of nitrogens with one attached hydrogen (secondary N) is 2. The average Bonchev–Trinajstić information content (AvgIpc) is 2.99. The van der Waals surface area contributed by atoms with Crippen LogP contribution in [0.15, 0.2) is 17.4 Å². The van der Waals surface area contributed by atoms with E-state index in [9.17, 15) is 0 Å². The molecule has 0 bridgehead atoms. The Balaban J connectivity index is 0.00000288. The maximum atomic E-state index is 5.35. The molecule has 0 spiro atoms. The molecular formula is C16H31IN6O. The fourth-order valence-electron chi connectivity index (χ4n) is 2.63. The van der Waals surface area contributed by atoms with Gasteiger partial charge in [-0.1, -0.05) is 0 Å². The molecule has 2 N–H and O–H groups in total. The highest BCUT2D eigenvalue weighted by Crippen LogP contribution is 1.99. The summed E-state index contributed by atoms with van der Waals surface area (Å²) in [4.78, 5) is 10.9. The number of aromatic nitrogens is 2. The van der Waals surface area contributed by atoms with Crippen LogP contribution >= 0.6 is 24.0 Å². The van der Waals surface area contributed by atoms with Gasteiger partial charge in [-0.15, -0.1) is 24.0 Å². The van der Waals surface area contributed by atoms with Gasteiger partial charge in [0.05, 0.1) is 13.2 Å². The van der Waals surface area contributed by atoms with E-state index in [0.29, 0.717) is 0 Å². The monoisotopic (exact) mass is 450 g/mol. The van der Waals surface area contributed by atoms with E-state index in [1.165, 1.54) is 0 Å². The molecule has 1 fully saturated rings. The normalized spacial score (nSPS) is 15.8. The van der Waals surface area contributed by atoms with Crippen molar-refractivity contribution in [1.29, 1.82) is 0 Å². The molecule has 1 aromatic rings. The number of nitrogens with zero attached hydrogens (tertiary/aromatic N) is 4. The molecule has 138 valence electrons. The van der Waals surface area contributed by atoms with Crippen LogP contribution in [0.3, 0.4) is 0 Å². The Bertz CT molecular complexity index is 473. The van der Waals surface area contributed by atoms with Crippen molar-refractivity contribution >= 4 is 29.9 Å². The van der Waals surface area contributed by atoms with E-state index in [-0.39, 0.29) is 24.0 Å². The van der Waals surface area contributed by atoms with Gasteiger partial charge in [0.2, 0.25) is 0 Å². The number of ether oxygens (including phenoxy) is 1. The molecule has 2 rings (SSSR count). The summed E-state index contributed by atoms with van der Waals surface area (Å²) in [5.74, 6) is 1.97.